The van der Waals surface area contributed by atoms with E-state index in [1.54, 1.807) is 25.4 Å². The molecule has 1 aliphatic heterocycles. The van der Waals surface area contributed by atoms with Gasteiger partial charge in [0.05, 0.1) is 5.56 Å². The Bertz CT molecular complexity index is 1050. The zero-order chi connectivity index (χ0) is 18.8. The standard InChI is InChI=1S/C17H17N7O2/c1-21-15(13(11-19)16(25)22(2)17(21)26)24-8-6-23(7-9-24)14-12(10-18)4-3-5-20-14/h3-5H,6-9H2,1-2H3. The minimum atomic E-state index is -0.593. The predicted molar refractivity (Wildman–Crippen MR) is 95.0 cm³/mol. The van der Waals surface area contributed by atoms with Crippen LogP contribution in [0.25, 0.3) is 0 Å². The highest BCUT2D eigenvalue weighted by molar-refractivity contribution is 5.57. The third kappa shape index (κ3) is 2.70. The first kappa shape index (κ1) is 17.2. The average molecular weight is 351 g/mol. The van der Waals surface area contributed by atoms with Crippen LogP contribution in [0, 0.1) is 22.7 Å². The SMILES string of the molecule is Cn1c(N2CCN(c3ncccc3C#N)CC2)c(C#N)c(=O)n(C)c1=O. The number of nitrogens with zero attached hydrogens (tertiary/aromatic N) is 7. The molecule has 0 aliphatic carbocycles. The largest absolute Gasteiger partial charge is 0.353 e. The Morgan fingerprint density at radius 1 is 1.00 bits per heavy atom. The molecular weight excluding hydrogens is 334 g/mol. The van der Waals surface area contributed by atoms with Crippen LogP contribution in [0.15, 0.2) is 27.9 Å². The quantitative estimate of drug-likeness (QED) is 0.720. The van der Waals surface area contributed by atoms with E-state index in [1.807, 2.05) is 15.9 Å². The fourth-order valence-corrected chi connectivity index (χ4v) is 3.17. The number of rotatable bonds is 2. The van der Waals surface area contributed by atoms with Gasteiger partial charge in [-0.2, -0.15) is 10.5 Å². The molecule has 132 valence electrons. The highest BCUT2D eigenvalue weighted by Gasteiger charge is 2.26. The second kappa shape index (κ2) is 6.73. The molecule has 9 heteroatoms. The number of pyridine rings is 1. The van der Waals surface area contributed by atoms with Gasteiger partial charge in [0, 0.05) is 46.5 Å². The summed E-state index contributed by atoms with van der Waals surface area (Å²) in [6.45, 7) is 2.10. The molecule has 1 saturated heterocycles. The summed E-state index contributed by atoms with van der Waals surface area (Å²) in [5, 5.41) is 18.6. The van der Waals surface area contributed by atoms with Gasteiger partial charge >= 0.3 is 5.69 Å². The lowest BCUT2D eigenvalue weighted by molar-refractivity contribution is 0.605. The summed E-state index contributed by atoms with van der Waals surface area (Å²) >= 11 is 0. The van der Waals surface area contributed by atoms with Crippen molar-refractivity contribution in [3.63, 3.8) is 0 Å². The van der Waals surface area contributed by atoms with Crippen molar-refractivity contribution in [2.75, 3.05) is 36.0 Å². The van der Waals surface area contributed by atoms with Crippen LogP contribution in [-0.2, 0) is 14.1 Å². The summed E-state index contributed by atoms with van der Waals surface area (Å²) in [4.78, 5) is 32.6. The van der Waals surface area contributed by atoms with Crippen LogP contribution in [0.1, 0.15) is 11.1 Å². The minimum absolute atomic E-state index is 0.0430. The number of aromatic nitrogens is 3. The molecule has 2 aromatic heterocycles. The molecule has 3 rings (SSSR count). The van der Waals surface area contributed by atoms with Crippen molar-refractivity contribution in [2.24, 2.45) is 14.1 Å². The van der Waals surface area contributed by atoms with E-state index in [0.29, 0.717) is 43.4 Å². The van der Waals surface area contributed by atoms with E-state index in [-0.39, 0.29) is 5.56 Å². The topological polar surface area (TPSA) is 111 Å². The van der Waals surface area contributed by atoms with Crippen molar-refractivity contribution in [3.05, 3.63) is 50.3 Å². The Kier molecular flexibility index (Phi) is 4.46. The van der Waals surface area contributed by atoms with Gasteiger partial charge in [0.2, 0.25) is 0 Å². The summed E-state index contributed by atoms with van der Waals surface area (Å²) in [5.74, 6) is 0.954. The summed E-state index contributed by atoms with van der Waals surface area (Å²) in [6, 6.07) is 7.49. The Balaban J connectivity index is 1.93. The first-order valence-electron chi connectivity index (χ1n) is 8.04. The van der Waals surface area contributed by atoms with E-state index >= 15 is 0 Å². The van der Waals surface area contributed by atoms with Crippen LogP contribution in [0.3, 0.4) is 0 Å². The van der Waals surface area contributed by atoms with Crippen molar-refractivity contribution in [1.82, 2.24) is 14.1 Å². The van der Waals surface area contributed by atoms with Gasteiger partial charge < -0.3 is 9.80 Å². The molecule has 0 amide bonds. The molecule has 2 aromatic rings. The van der Waals surface area contributed by atoms with Crippen LogP contribution in [0.5, 0.6) is 0 Å². The maximum atomic E-state index is 12.2. The molecule has 0 bridgehead atoms. The monoisotopic (exact) mass is 351 g/mol. The lowest BCUT2D eigenvalue weighted by Gasteiger charge is -2.37. The maximum absolute atomic E-state index is 12.2. The smallest absolute Gasteiger partial charge is 0.332 e. The summed E-state index contributed by atoms with van der Waals surface area (Å²) < 4.78 is 2.27. The molecule has 0 unspecified atom stereocenters. The second-order valence-electron chi connectivity index (χ2n) is 5.98. The molecule has 0 radical (unpaired) electrons. The Labute approximate surface area is 149 Å². The fourth-order valence-electron chi connectivity index (χ4n) is 3.17. The van der Waals surface area contributed by atoms with E-state index in [2.05, 4.69) is 11.1 Å². The van der Waals surface area contributed by atoms with Crippen LogP contribution in [-0.4, -0.2) is 40.3 Å². The van der Waals surface area contributed by atoms with Crippen molar-refractivity contribution in [3.8, 4) is 12.1 Å². The molecular formula is C17H17N7O2. The molecule has 0 spiro atoms. The molecule has 0 saturated carbocycles. The van der Waals surface area contributed by atoms with Crippen molar-refractivity contribution >= 4 is 11.6 Å². The molecule has 3 heterocycles. The molecule has 9 nitrogen and oxygen atoms in total. The zero-order valence-corrected chi connectivity index (χ0v) is 14.5. The third-order valence-corrected chi connectivity index (χ3v) is 4.53. The Morgan fingerprint density at radius 3 is 2.27 bits per heavy atom. The molecule has 0 atom stereocenters. The van der Waals surface area contributed by atoms with Gasteiger partial charge in [-0.25, -0.2) is 9.78 Å². The number of nitriles is 2. The van der Waals surface area contributed by atoms with Gasteiger partial charge in [0.15, 0.2) is 5.56 Å². The number of anilines is 2. The van der Waals surface area contributed by atoms with Gasteiger partial charge in [0.1, 0.15) is 23.8 Å². The van der Waals surface area contributed by atoms with Gasteiger partial charge in [-0.05, 0) is 12.1 Å². The third-order valence-electron chi connectivity index (χ3n) is 4.53. The summed E-state index contributed by atoms with van der Waals surface area (Å²) in [6.07, 6.45) is 1.64. The lowest BCUT2D eigenvalue weighted by Crippen LogP contribution is -2.50. The zero-order valence-electron chi connectivity index (χ0n) is 14.5. The number of hydrogen-bond acceptors (Lipinski definition) is 7. The maximum Gasteiger partial charge on any atom is 0.332 e. The highest BCUT2D eigenvalue weighted by atomic mass is 16.2. The van der Waals surface area contributed by atoms with Crippen molar-refractivity contribution < 1.29 is 0 Å². The molecule has 1 aliphatic rings. The van der Waals surface area contributed by atoms with Gasteiger partial charge in [0.25, 0.3) is 5.56 Å². The Hall–Kier alpha value is -3.59. The normalized spacial score (nSPS) is 14.0. The van der Waals surface area contributed by atoms with Crippen molar-refractivity contribution in [2.45, 2.75) is 0 Å². The van der Waals surface area contributed by atoms with E-state index < -0.39 is 11.2 Å². The van der Waals surface area contributed by atoms with Crippen LogP contribution in [0.2, 0.25) is 0 Å². The average Bonchev–Trinajstić information content (AvgIpc) is 2.69. The summed E-state index contributed by atoms with van der Waals surface area (Å²) in [7, 11) is 2.91. The number of piperazine rings is 1. The molecule has 0 N–H and O–H groups in total. The van der Waals surface area contributed by atoms with E-state index in [0.717, 1.165) is 4.57 Å². The first-order valence-corrected chi connectivity index (χ1v) is 8.04. The van der Waals surface area contributed by atoms with E-state index in [9.17, 15) is 20.1 Å². The minimum Gasteiger partial charge on any atom is -0.353 e. The summed E-state index contributed by atoms with van der Waals surface area (Å²) in [5.41, 5.74) is -0.606. The fraction of sp³-hybridized carbons (Fsp3) is 0.353. The van der Waals surface area contributed by atoms with Crippen molar-refractivity contribution in [1.29, 1.82) is 10.5 Å². The van der Waals surface area contributed by atoms with Crippen LogP contribution >= 0.6 is 0 Å². The van der Waals surface area contributed by atoms with Gasteiger partial charge in [-0.1, -0.05) is 0 Å². The van der Waals surface area contributed by atoms with E-state index in [4.69, 9.17) is 0 Å². The van der Waals surface area contributed by atoms with Crippen LogP contribution in [0.4, 0.5) is 11.6 Å². The molecule has 1 fully saturated rings. The first-order chi connectivity index (χ1) is 12.5. The molecule has 0 aromatic carbocycles. The number of hydrogen-bond donors (Lipinski definition) is 0. The van der Waals surface area contributed by atoms with E-state index in [1.165, 1.54) is 11.6 Å². The Morgan fingerprint density at radius 2 is 1.65 bits per heavy atom. The van der Waals surface area contributed by atoms with Crippen LogP contribution < -0.4 is 21.0 Å². The highest BCUT2D eigenvalue weighted by Crippen LogP contribution is 2.21. The lowest BCUT2D eigenvalue weighted by atomic mass is 10.2. The molecule has 26 heavy (non-hydrogen) atoms. The second-order valence-corrected chi connectivity index (χ2v) is 5.98. The predicted octanol–water partition coefficient (Wildman–Crippen LogP) is -0.451. The van der Waals surface area contributed by atoms with Gasteiger partial charge in [-0.15, -0.1) is 0 Å². The van der Waals surface area contributed by atoms with Gasteiger partial charge in [-0.3, -0.25) is 13.9 Å².